The minimum atomic E-state index is -3.76. The van der Waals surface area contributed by atoms with Crippen molar-refractivity contribution in [1.29, 1.82) is 0 Å². The summed E-state index contributed by atoms with van der Waals surface area (Å²) in [5.41, 5.74) is 0.00510. The van der Waals surface area contributed by atoms with E-state index in [2.05, 4.69) is 10.0 Å². The zero-order chi connectivity index (χ0) is 20.1. The summed E-state index contributed by atoms with van der Waals surface area (Å²) in [7, 11) is -3.76. The van der Waals surface area contributed by atoms with Gasteiger partial charge in [-0.05, 0) is 13.3 Å². The summed E-state index contributed by atoms with van der Waals surface area (Å²) >= 11 is 1.41. The first kappa shape index (κ1) is 20.6. The minimum absolute atomic E-state index is 0.00510. The van der Waals surface area contributed by atoms with Crippen LogP contribution in [-0.2, 0) is 19.8 Å². The fourth-order valence-electron chi connectivity index (χ4n) is 4.10. The number of carbonyl (C=O) groups is 2. The topological polar surface area (TPSA) is 162 Å². The molecule has 12 heteroatoms. The van der Waals surface area contributed by atoms with Gasteiger partial charge in [-0.3, -0.25) is 4.79 Å². The molecule has 0 aromatic carbocycles. The molecule has 3 heterocycles. The van der Waals surface area contributed by atoms with Gasteiger partial charge in [0.05, 0.1) is 18.1 Å². The molecule has 0 aromatic rings. The number of fused-ring (bicyclic) bond motifs is 1. The van der Waals surface area contributed by atoms with Gasteiger partial charge in [0, 0.05) is 35.2 Å². The first-order valence-corrected chi connectivity index (χ1v) is 11.1. The number of carboxylic acids is 1. The van der Waals surface area contributed by atoms with Crippen molar-refractivity contribution < 1.29 is 28.2 Å². The fourth-order valence-corrected chi connectivity index (χ4v) is 6.05. The quantitative estimate of drug-likeness (QED) is 0.308. The number of nitrogens with one attached hydrogen (secondary N) is 2. The van der Waals surface area contributed by atoms with Crippen molar-refractivity contribution in [3.63, 3.8) is 0 Å². The maximum absolute atomic E-state index is 12.3. The number of carbonyl (C=O) groups excluding carboxylic acids is 1. The van der Waals surface area contributed by atoms with Gasteiger partial charge in [0.15, 0.2) is 0 Å². The molecule has 3 aliphatic rings. The molecule has 2 saturated heterocycles. The number of carboxylic acid groups (broad SMARTS) is 1. The molecule has 6 atom stereocenters. The largest absolute Gasteiger partial charge is 0.477 e. The molecule has 2 unspecified atom stereocenters. The zero-order valence-electron chi connectivity index (χ0n) is 15.0. The molecule has 6 N–H and O–H groups in total. The summed E-state index contributed by atoms with van der Waals surface area (Å²) in [6.45, 7) is 4.17. The maximum atomic E-state index is 12.3. The molecule has 0 bridgehead atoms. The Labute approximate surface area is 161 Å². The zero-order valence-corrected chi connectivity index (χ0v) is 16.6. The van der Waals surface area contributed by atoms with Crippen LogP contribution in [0.2, 0.25) is 0 Å². The van der Waals surface area contributed by atoms with E-state index in [0.29, 0.717) is 17.9 Å². The molecule has 1 amide bonds. The number of thioether (sulfide) groups is 1. The molecule has 3 aliphatic heterocycles. The highest BCUT2D eigenvalue weighted by atomic mass is 32.2. The summed E-state index contributed by atoms with van der Waals surface area (Å²) in [4.78, 5) is 26.1. The summed E-state index contributed by atoms with van der Waals surface area (Å²) < 4.78 is 24.3. The van der Waals surface area contributed by atoms with E-state index in [1.54, 1.807) is 6.92 Å². The molecule has 0 spiro atoms. The fraction of sp³-hybridized carbons (Fsp3) is 0.733. The number of aliphatic carboxylic acids is 1. The molecule has 3 rings (SSSR count). The molecule has 0 aliphatic carbocycles. The second kappa shape index (κ2) is 7.33. The van der Waals surface area contributed by atoms with Crippen molar-refractivity contribution in [2.24, 2.45) is 17.0 Å². The van der Waals surface area contributed by atoms with Gasteiger partial charge < -0.3 is 20.4 Å². The van der Waals surface area contributed by atoms with Gasteiger partial charge in [-0.15, -0.1) is 11.8 Å². The van der Waals surface area contributed by atoms with Crippen LogP contribution in [0.25, 0.3) is 0 Å². The Bertz CT molecular complexity index is 783. The number of nitrogens with two attached hydrogens (primary N) is 1. The summed E-state index contributed by atoms with van der Waals surface area (Å²) in [5, 5.41) is 27.7. The molecule has 0 radical (unpaired) electrons. The average Bonchev–Trinajstić information content (AvgIpc) is 3.07. The second-order valence-corrected chi connectivity index (χ2v) is 9.97. The smallest absolute Gasteiger partial charge is 0.353 e. The Morgan fingerprint density at radius 1 is 1.52 bits per heavy atom. The lowest BCUT2D eigenvalue weighted by molar-refractivity contribution is -0.163. The molecular weight excluding hydrogens is 396 g/mol. The third kappa shape index (κ3) is 3.87. The van der Waals surface area contributed by atoms with Crippen molar-refractivity contribution in [2.45, 2.75) is 43.7 Å². The lowest BCUT2D eigenvalue weighted by Gasteiger charge is -2.46. The predicted octanol–water partition coefficient (Wildman–Crippen LogP) is -1.60. The van der Waals surface area contributed by atoms with Gasteiger partial charge in [-0.2, -0.15) is 8.42 Å². The van der Waals surface area contributed by atoms with E-state index in [-0.39, 0.29) is 41.4 Å². The van der Waals surface area contributed by atoms with Gasteiger partial charge in [0.1, 0.15) is 5.70 Å². The van der Waals surface area contributed by atoms with E-state index in [0.717, 1.165) is 0 Å². The highest BCUT2D eigenvalue weighted by molar-refractivity contribution is 8.03. The van der Waals surface area contributed by atoms with Crippen LogP contribution < -0.4 is 15.2 Å². The van der Waals surface area contributed by atoms with E-state index >= 15 is 0 Å². The molecule has 152 valence electrons. The molecular formula is C15H24N4O6S2. The van der Waals surface area contributed by atoms with Crippen molar-refractivity contribution >= 4 is 33.8 Å². The Morgan fingerprint density at radius 3 is 2.74 bits per heavy atom. The Morgan fingerprint density at radius 2 is 2.19 bits per heavy atom. The van der Waals surface area contributed by atoms with Crippen LogP contribution in [-0.4, -0.2) is 71.9 Å². The van der Waals surface area contributed by atoms with Crippen LogP contribution in [0.5, 0.6) is 0 Å². The Hall–Kier alpha value is -1.18. The first-order valence-electron chi connectivity index (χ1n) is 8.67. The first-order chi connectivity index (χ1) is 12.5. The van der Waals surface area contributed by atoms with Crippen LogP contribution in [0.15, 0.2) is 10.6 Å². The number of aliphatic hydroxyl groups excluding tert-OH is 1. The molecule has 0 aromatic heterocycles. The summed E-state index contributed by atoms with van der Waals surface area (Å²) in [6.07, 6.45) is -0.197. The van der Waals surface area contributed by atoms with Crippen molar-refractivity contribution in [3.05, 3.63) is 10.6 Å². The molecule has 27 heavy (non-hydrogen) atoms. The SMILES string of the molecule is CC(O)[C@H]1C(=O)N2C(C(=O)O)=C(SC3CN[C@H](CNS(N)(=O)=O)C3)[C@H](C)[C@H]12. The van der Waals surface area contributed by atoms with Crippen LogP contribution in [0.4, 0.5) is 0 Å². The third-order valence-electron chi connectivity index (χ3n) is 5.32. The highest BCUT2D eigenvalue weighted by Gasteiger charge is 2.60. The number of hydrogen-bond donors (Lipinski definition) is 5. The molecule has 10 nitrogen and oxygen atoms in total. The number of rotatable bonds is 7. The van der Waals surface area contributed by atoms with E-state index in [4.69, 9.17) is 5.14 Å². The van der Waals surface area contributed by atoms with Gasteiger partial charge in [-0.1, -0.05) is 6.92 Å². The molecule has 0 saturated carbocycles. The van der Waals surface area contributed by atoms with E-state index in [1.807, 2.05) is 6.92 Å². The lowest BCUT2D eigenvalue weighted by atomic mass is 9.79. The standard InChI is InChI=1S/C15H24N4O6S2/c1-6-11-10(7(2)20)14(21)19(11)12(15(22)23)13(6)26-9-3-8(17-5-9)4-18-27(16,24)25/h6-11,17-18,20H,3-5H2,1-2H3,(H,22,23)(H2,16,24,25)/t6-,7?,8+,9?,10-,11-/m1/s1. The van der Waals surface area contributed by atoms with Crippen molar-refractivity contribution in [3.8, 4) is 0 Å². The average molecular weight is 421 g/mol. The van der Waals surface area contributed by atoms with Gasteiger partial charge in [-0.25, -0.2) is 14.7 Å². The van der Waals surface area contributed by atoms with E-state index in [9.17, 15) is 28.2 Å². The van der Waals surface area contributed by atoms with E-state index in [1.165, 1.54) is 16.7 Å². The maximum Gasteiger partial charge on any atom is 0.353 e. The van der Waals surface area contributed by atoms with Crippen LogP contribution >= 0.6 is 11.8 Å². The Balaban J connectivity index is 1.71. The van der Waals surface area contributed by atoms with Crippen molar-refractivity contribution in [2.75, 3.05) is 13.1 Å². The third-order valence-corrected chi connectivity index (χ3v) is 7.40. The van der Waals surface area contributed by atoms with Gasteiger partial charge in [0.25, 0.3) is 10.2 Å². The lowest BCUT2D eigenvalue weighted by Crippen LogP contribution is -2.63. The van der Waals surface area contributed by atoms with Crippen LogP contribution in [0.1, 0.15) is 20.3 Å². The van der Waals surface area contributed by atoms with E-state index < -0.39 is 28.2 Å². The summed E-state index contributed by atoms with van der Waals surface area (Å²) in [6, 6.07) is -0.435. The number of amides is 1. The number of hydrogen-bond acceptors (Lipinski definition) is 7. The Kier molecular flexibility index (Phi) is 5.58. The predicted molar refractivity (Wildman–Crippen MR) is 98.5 cm³/mol. The van der Waals surface area contributed by atoms with Crippen LogP contribution in [0.3, 0.4) is 0 Å². The van der Waals surface area contributed by atoms with Crippen molar-refractivity contribution in [1.82, 2.24) is 14.9 Å². The van der Waals surface area contributed by atoms with Gasteiger partial charge in [0.2, 0.25) is 5.91 Å². The minimum Gasteiger partial charge on any atom is -0.477 e. The second-order valence-electron chi connectivity index (χ2n) is 7.25. The normalized spacial score (nSPS) is 34.6. The van der Waals surface area contributed by atoms with Crippen LogP contribution in [0, 0.1) is 11.8 Å². The number of β-lactam (4-membered cyclic amide) rings is 1. The number of nitrogens with zero attached hydrogens (tertiary/aromatic N) is 1. The molecule has 2 fully saturated rings. The van der Waals surface area contributed by atoms with Gasteiger partial charge >= 0.3 is 5.97 Å². The monoisotopic (exact) mass is 420 g/mol. The number of aliphatic hydroxyl groups is 1. The summed E-state index contributed by atoms with van der Waals surface area (Å²) in [5.74, 6) is -2.27. The highest BCUT2D eigenvalue weighted by Crippen LogP contribution is 2.51.